The molecule has 2 atom stereocenters. The Morgan fingerprint density at radius 2 is 2.00 bits per heavy atom. The van der Waals surface area contributed by atoms with Crippen LogP contribution in [0.25, 0.3) is 0 Å². The average Bonchev–Trinajstić information content (AvgIpc) is 3.36. The van der Waals surface area contributed by atoms with Crippen molar-refractivity contribution in [3.63, 3.8) is 0 Å². The van der Waals surface area contributed by atoms with Gasteiger partial charge in [0, 0.05) is 57.1 Å². The molecule has 2 amide bonds. The van der Waals surface area contributed by atoms with E-state index in [2.05, 4.69) is 10.2 Å². The molecular formula is C18H24ClN3O2. The molecule has 1 aliphatic heterocycles. The number of benzene rings is 1. The number of hydrogen-bond acceptors (Lipinski definition) is 3. The van der Waals surface area contributed by atoms with Crippen LogP contribution in [-0.4, -0.2) is 60.9 Å². The van der Waals surface area contributed by atoms with E-state index >= 15 is 0 Å². The lowest BCUT2D eigenvalue weighted by Gasteiger charge is -2.34. The summed E-state index contributed by atoms with van der Waals surface area (Å²) in [5, 5.41) is 3.77. The van der Waals surface area contributed by atoms with Crippen molar-refractivity contribution in [1.29, 1.82) is 0 Å². The standard InChI is InChI=1S/C18H24ClN3O2/c1-13(23)22-9-7-21(8-10-22)6-5-20-18(24)17-12-16(17)14-3-2-4-15(19)11-14/h2-4,11,16-17H,5-10,12H2,1H3,(H,20,24). The summed E-state index contributed by atoms with van der Waals surface area (Å²) < 4.78 is 0. The molecule has 1 heterocycles. The average molecular weight is 350 g/mol. The predicted molar refractivity (Wildman–Crippen MR) is 94.0 cm³/mol. The van der Waals surface area contributed by atoms with E-state index in [0.717, 1.165) is 49.7 Å². The van der Waals surface area contributed by atoms with Gasteiger partial charge < -0.3 is 10.2 Å². The molecule has 2 fully saturated rings. The van der Waals surface area contributed by atoms with Gasteiger partial charge in [-0.2, -0.15) is 0 Å². The molecule has 1 saturated carbocycles. The summed E-state index contributed by atoms with van der Waals surface area (Å²) in [4.78, 5) is 27.7. The first kappa shape index (κ1) is 17.2. The van der Waals surface area contributed by atoms with E-state index in [1.807, 2.05) is 29.2 Å². The van der Waals surface area contributed by atoms with Crippen LogP contribution in [0, 0.1) is 5.92 Å². The van der Waals surface area contributed by atoms with Crippen molar-refractivity contribution in [3.8, 4) is 0 Å². The first-order valence-electron chi connectivity index (χ1n) is 8.55. The highest BCUT2D eigenvalue weighted by Crippen LogP contribution is 2.47. The Balaban J connectivity index is 1.36. The summed E-state index contributed by atoms with van der Waals surface area (Å²) in [5.74, 6) is 0.673. The number of hydrogen-bond donors (Lipinski definition) is 1. The normalized spacial score (nSPS) is 23.8. The number of nitrogens with zero attached hydrogens (tertiary/aromatic N) is 2. The molecule has 0 aromatic heterocycles. The van der Waals surface area contributed by atoms with Crippen molar-refractivity contribution in [2.45, 2.75) is 19.3 Å². The molecule has 2 aliphatic rings. The van der Waals surface area contributed by atoms with E-state index in [4.69, 9.17) is 11.6 Å². The minimum Gasteiger partial charge on any atom is -0.355 e. The lowest BCUT2D eigenvalue weighted by molar-refractivity contribution is -0.130. The van der Waals surface area contributed by atoms with Crippen LogP contribution < -0.4 is 5.32 Å². The molecule has 1 aromatic rings. The molecule has 24 heavy (non-hydrogen) atoms. The SMILES string of the molecule is CC(=O)N1CCN(CCNC(=O)C2CC2c2cccc(Cl)c2)CC1. The monoisotopic (exact) mass is 349 g/mol. The van der Waals surface area contributed by atoms with E-state index in [1.54, 1.807) is 6.92 Å². The van der Waals surface area contributed by atoms with Gasteiger partial charge in [0.05, 0.1) is 0 Å². The number of carbonyl (C=O) groups excluding carboxylic acids is 2. The van der Waals surface area contributed by atoms with Gasteiger partial charge in [0.15, 0.2) is 0 Å². The second-order valence-corrected chi connectivity index (χ2v) is 7.08. The van der Waals surface area contributed by atoms with Crippen molar-refractivity contribution < 1.29 is 9.59 Å². The Kier molecular flexibility index (Phi) is 5.41. The highest BCUT2D eigenvalue weighted by molar-refractivity contribution is 6.30. The first-order chi connectivity index (χ1) is 11.5. The zero-order valence-corrected chi connectivity index (χ0v) is 14.8. The number of halogens is 1. The molecule has 1 N–H and O–H groups in total. The molecule has 0 bridgehead atoms. The number of carbonyl (C=O) groups is 2. The highest BCUT2D eigenvalue weighted by atomic mass is 35.5. The van der Waals surface area contributed by atoms with Crippen molar-refractivity contribution in [1.82, 2.24) is 15.1 Å². The third-order valence-corrected chi connectivity index (χ3v) is 5.18. The predicted octanol–water partition coefficient (Wildman–Crippen LogP) is 1.72. The number of piperazine rings is 1. The maximum absolute atomic E-state index is 12.2. The maximum atomic E-state index is 12.2. The molecule has 0 radical (unpaired) electrons. The summed E-state index contributed by atoms with van der Waals surface area (Å²) in [7, 11) is 0. The smallest absolute Gasteiger partial charge is 0.223 e. The third-order valence-electron chi connectivity index (χ3n) is 4.95. The van der Waals surface area contributed by atoms with Gasteiger partial charge in [-0.3, -0.25) is 14.5 Å². The Hall–Kier alpha value is -1.59. The number of rotatable bonds is 5. The Morgan fingerprint density at radius 1 is 1.25 bits per heavy atom. The Bertz CT molecular complexity index is 614. The molecule has 1 aromatic carbocycles. The molecule has 6 heteroatoms. The van der Waals surface area contributed by atoms with Gasteiger partial charge in [-0.25, -0.2) is 0 Å². The van der Waals surface area contributed by atoms with E-state index in [0.29, 0.717) is 12.5 Å². The van der Waals surface area contributed by atoms with E-state index < -0.39 is 0 Å². The minimum atomic E-state index is 0.0815. The maximum Gasteiger partial charge on any atom is 0.223 e. The summed E-state index contributed by atoms with van der Waals surface area (Å²) in [6, 6.07) is 7.78. The summed E-state index contributed by atoms with van der Waals surface area (Å²) in [6.07, 6.45) is 0.906. The van der Waals surface area contributed by atoms with Gasteiger partial charge >= 0.3 is 0 Å². The van der Waals surface area contributed by atoms with Crippen LogP contribution in [0.1, 0.15) is 24.8 Å². The van der Waals surface area contributed by atoms with Gasteiger partial charge in [0.25, 0.3) is 0 Å². The third kappa shape index (κ3) is 4.28. The van der Waals surface area contributed by atoms with Crippen LogP contribution in [0.2, 0.25) is 5.02 Å². The fourth-order valence-corrected chi connectivity index (χ4v) is 3.54. The lowest BCUT2D eigenvalue weighted by Crippen LogP contribution is -2.49. The topological polar surface area (TPSA) is 52.7 Å². The lowest BCUT2D eigenvalue weighted by atomic mass is 10.1. The molecule has 5 nitrogen and oxygen atoms in total. The zero-order valence-electron chi connectivity index (χ0n) is 14.0. The Morgan fingerprint density at radius 3 is 2.67 bits per heavy atom. The molecule has 2 unspecified atom stereocenters. The van der Waals surface area contributed by atoms with E-state index in [9.17, 15) is 9.59 Å². The van der Waals surface area contributed by atoms with Crippen LogP contribution >= 0.6 is 11.6 Å². The molecule has 130 valence electrons. The van der Waals surface area contributed by atoms with Crippen molar-refractivity contribution >= 4 is 23.4 Å². The fourth-order valence-electron chi connectivity index (χ4n) is 3.35. The second-order valence-electron chi connectivity index (χ2n) is 6.64. The molecule has 1 aliphatic carbocycles. The van der Waals surface area contributed by atoms with Crippen molar-refractivity contribution in [2.24, 2.45) is 5.92 Å². The van der Waals surface area contributed by atoms with Crippen molar-refractivity contribution in [3.05, 3.63) is 34.9 Å². The molecule has 0 spiro atoms. The highest BCUT2D eigenvalue weighted by Gasteiger charge is 2.43. The number of nitrogens with one attached hydrogen (secondary N) is 1. The van der Waals surface area contributed by atoms with Gasteiger partial charge in [0.1, 0.15) is 0 Å². The molecule has 3 rings (SSSR count). The van der Waals surface area contributed by atoms with Crippen LogP contribution in [0.5, 0.6) is 0 Å². The summed E-state index contributed by atoms with van der Waals surface area (Å²) >= 11 is 6.01. The van der Waals surface area contributed by atoms with E-state index in [1.165, 1.54) is 0 Å². The summed E-state index contributed by atoms with van der Waals surface area (Å²) in [6.45, 7) is 6.44. The van der Waals surface area contributed by atoms with Gasteiger partial charge in [-0.1, -0.05) is 23.7 Å². The zero-order chi connectivity index (χ0) is 17.1. The van der Waals surface area contributed by atoms with Gasteiger partial charge in [0.2, 0.25) is 11.8 Å². The van der Waals surface area contributed by atoms with Crippen LogP contribution in [-0.2, 0) is 9.59 Å². The van der Waals surface area contributed by atoms with Crippen LogP contribution in [0.15, 0.2) is 24.3 Å². The van der Waals surface area contributed by atoms with E-state index in [-0.39, 0.29) is 17.7 Å². The van der Waals surface area contributed by atoms with Crippen LogP contribution in [0.4, 0.5) is 0 Å². The van der Waals surface area contributed by atoms with Gasteiger partial charge in [-0.05, 0) is 30.0 Å². The summed E-state index contributed by atoms with van der Waals surface area (Å²) in [5.41, 5.74) is 1.16. The largest absolute Gasteiger partial charge is 0.355 e. The molecule has 1 saturated heterocycles. The fraction of sp³-hybridized carbons (Fsp3) is 0.556. The second kappa shape index (κ2) is 7.53. The Labute approximate surface area is 147 Å². The van der Waals surface area contributed by atoms with Crippen LogP contribution in [0.3, 0.4) is 0 Å². The van der Waals surface area contributed by atoms with Gasteiger partial charge in [-0.15, -0.1) is 0 Å². The quantitative estimate of drug-likeness (QED) is 0.880. The number of amides is 2. The molecular weight excluding hydrogens is 326 g/mol. The van der Waals surface area contributed by atoms with Crippen molar-refractivity contribution in [2.75, 3.05) is 39.3 Å². The minimum absolute atomic E-state index is 0.0815. The first-order valence-corrected chi connectivity index (χ1v) is 8.93.